The van der Waals surface area contributed by atoms with E-state index in [0.717, 1.165) is 22.7 Å². The summed E-state index contributed by atoms with van der Waals surface area (Å²) in [6, 6.07) is 11.4. The molecule has 0 radical (unpaired) electrons. The number of benzene rings is 2. The van der Waals surface area contributed by atoms with E-state index in [2.05, 4.69) is 21.2 Å². The molecule has 1 N–H and O–H groups in total. The Morgan fingerprint density at radius 3 is 2.37 bits per heavy atom. The van der Waals surface area contributed by atoms with Crippen molar-refractivity contribution in [1.29, 1.82) is 5.26 Å². The van der Waals surface area contributed by atoms with Gasteiger partial charge in [0.25, 0.3) is 0 Å². The molecule has 0 saturated carbocycles. The van der Waals surface area contributed by atoms with E-state index in [1.165, 1.54) is 0 Å². The van der Waals surface area contributed by atoms with Crippen LogP contribution in [0.25, 0.3) is 0 Å². The molecule has 2 aromatic rings. The van der Waals surface area contributed by atoms with Gasteiger partial charge in [-0.15, -0.1) is 0 Å². The van der Waals surface area contributed by atoms with Gasteiger partial charge in [-0.3, -0.25) is 0 Å². The summed E-state index contributed by atoms with van der Waals surface area (Å²) in [5.74, 6) is -1.41. The van der Waals surface area contributed by atoms with Crippen LogP contribution in [0, 0.1) is 23.0 Å². The number of halogens is 3. The minimum absolute atomic E-state index is 0.250. The second-order valence-electron chi connectivity index (χ2n) is 3.92. The first kappa shape index (κ1) is 13.5. The van der Waals surface area contributed by atoms with Gasteiger partial charge >= 0.3 is 0 Å². The van der Waals surface area contributed by atoms with Crippen LogP contribution < -0.4 is 5.32 Å². The van der Waals surface area contributed by atoms with E-state index in [4.69, 9.17) is 5.26 Å². The van der Waals surface area contributed by atoms with E-state index in [1.807, 2.05) is 12.1 Å². The maximum absolute atomic E-state index is 13.1. The summed E-state index contributed by atoms with van der Waals surface area (Å²) in [6.07, 6.45) is 0. The van der Waals surface area contributed by atoms with Gasteiger partial charge < -0.3 is 5.32 Å². The summed E-state index contributed by atoms with van der Waals surface area (Å²) in [6.45, 7) is 0. The van der Waals surface area contributed by atoms with E-state index >= 15 is 0 Å². The molecule has 0 saturated heterocycles. The normalized spacial score (nSPS) is 11.7. The lowest BCUT2D eigenvalue weighted by molar-refractivity contribution is 0.579. The summed E-state index contributed by atoms with van der Waals surface area (Å²) in [4.78, 5) is 0. The number of nitriles is 1. The van der Waals surface area contributed by atoms with Crippen molar-refractivity contribution in [2.75, 3.05) is 5.32 Å². The number of nitrogens with zero attached hydrogens (tertiary/aromatic N) is 1. The highest BCUT2D eigenvalue weighted by Gasteiger charge is 2.13. The predicted molar refractivity (Wildman–Crippen MR) is 72.5 cm³/mol. The average Bonchev–Trinajstić information content (AvgIpc) is 2.34. The smallest absolute Gasteiger partial charge is 0.140 e. The molecule has 0 heterocycles. The summed E-state index contributed by atoms with van der Waals surface area (Å²) in [5, 5.41) is 12.0. The van der Waals surface area contributed by atoms with Crippen LogP contribution in [0.5, 0.6) is 0 Å². The van der Waals surface area contributed by atoms with Crippen LogP contribution in [0.15, 0.2) is 46.9 Å². The Hall–Kier alpha value is -1.93. The van der Waals surface area contributed by atoms with Crippen molar-refractivity contribution in [3.63, 3.8) is 0 Å². The van der Waals surface area contributed by atoms with Crippen molar-refractivity contribution in [3.8, 4) is 6.07 Å². The molecule has 1 atom stereocenters. The fourth-order valence-electron chi connectivity index (χ4n) is 1.68. The molecule has 0 fully saturated rings. The second kappa shape index (κ2) is 5.81. The Kier molecular flexibility index (Phi) is 4.13. The van der Waals surface area contributed by atoms with Gasteiger partial charge in [0.1, 0.15) is 17.7 Å². The van der Waals surface area contributed by atoms with Gasteiger partial charge in [0.2, 0.25) is 0 Å². The van der Waals surface area contributed by atoms with Gasteiger partial charge in [0.05, 0.1) is 6.07 Å². The predicted octanol–water partition coefficient (Wildman–Crippen LogP) is 4.40. The number of anilines is 1. The lowest BCUT2D eigenvalue weighted by Gasteiger charge is -2.13. The Balaban J connectivity index is 2.28. The van der Waals surface area contributed by atoms with Gasteiger partial charge in [-0.05, 0) is 35.9 Å². The van der Waals surface area contributed by atoms with Crippen LogP contribution in [0.3, 0.4) is 0 Å². The first-order valence-electron chi connectivity index (χ1n) is 5.46. The summed E-state index contributed by atoms with van der Waals surface area (Å²) in [5.41, 5.74) is 0.936. The van der Waals surface area contributed by atoms with Gasteiger partial charge in [-0.1, -0.05) is 22.0 Å². The van der Waals surface area contributed by atoms with Crippen molar-refractivity contribution in [3.05, 3.63) is 64.1 Å². The van der Waals surface area contributed by atoms with E-state index in [0.29, 0.717) is 5.69 Å². The highest BCUT2D eigenvalue weighted by molar-refractivity contribution is 9.10. The zero-order chi connectivity index (χ0) is 13.8. The number of rotatable bonds is 3. The molecule has 96 valence electrons. The van der Waals surface area contributed by atoms with Crippen LogP contribution in [0.4, 0.5) is 14.5 Å². The maximum Gasteiger partial charge on any atom is 0.140 e. The standard InChI is InChI=1S/C14H9BrF2N2/c15-10-2-1-3-13(6-10)19-14(8-18)9-4-11(16)7-12(17)5-9/h1-7,14,19H. The van der Waals surface area contributed by atoms with Crippen molar-refractivity contribution in [2.45, 2.75) is 6.04 Å². The molecule has 0 aliphatic heterocycles. The molecule has 0 aliphatic carbocycles. The maximum atomic E-state index is 13.1. The van der Waals surface area contributed by atoms with Crippen LogP contribution in [0.1, 0.15) is 11.6 Å². The highest BCUT2D eigenvalue weighted by atomic mass is 79.9. The molecule has 0 aliphatic rings. The van der Waals surface area contributed by atoms with E-state index in [1.54, 1.807) is 18.2 Å². The molecule has 0 spiro atoms. The molecular formula is C14H9BrF2N2. The topological polar surface area (TPSA) is 35.8 Å². The first-order valence-corrected chi connectivity index (χ1v) is 6.25. The fraction of sp³-hybridized carbons (Fsp3) is 0.0714. The third kappa shape index (κ3) is 3.52. The zero-order valence-corrected chi connectivity index (χ0v) is 11.3. The average molecular weight is 323 g/mol. The molecule has 2 rings (SSSR count). The van der Waals surface area contributed by atoms with Crippen molar-refractivity contribution in [2.24, 2.45) is 0 Å². The van der Waals surface area contributed by atoms with Crippen LogP contribution >= 0.6 is 15.9 Å². The lowest BCUT2D eigenvalue weighted by atomic mass is 10.1. The van der Waals surface area contributed by atoms with Gasteiger partial charge in [0, 0.05) is 16.2 Å². The van der Waals surface area contributed by atoms with E-state index < -0.39 is 17.7 Å². The fourth-order valence-corrected chi connectivity index (χ4v) is 2.08. The monoisotopic (exact) mass is 322 g/mol. The molecule has 0 aromatic heterocycles. The largest absolute Gasteiger partial charge is 0.366 e. The third-order valence-corrected chi connectivity index (χ3v) is 2.98. The Morgan fingerprint density at radius 1 is 1.11 bits per heavy atom. The molecule has 2 aromatic carbocycles. The molecule has 2 nitrogen and oxygen atoms in total. The minimum Gasteiger partial charge on any atom is -0.366 e. The summed E-state index contributed by atoms with van der Waals surface area (Å²) in [7, 11) is 0. The lowest BCUT2D eigenvalue weighted by Crippen LogP contribution is -2.09. The molecular weight excluding hydrogens is 314 g/mol. The number of hydrogen-bond acceptors (Lipinski definition) is 2. The Morgan fingerprint density at radius 2 is 1.79 bits per heavy atom. The van der Waals surface area contributed by atoms with Crippen LogP contribution in [-0.4, -0.2) is 0 Å². The first-order chi connectivity index (χ1) is 9.08. The van der Waals surface area contributed by atoms with Crippen molar-refractivity contribution in [1.82, 2.24) is 0 Å². The summed E-state index contributed by atoms with van der Waals surface area (Å²) >= 11 is 3.31. The molecule has 19 heavy (non-hydrogen) atoms. The summed E-state index contributed by atoms with van der Waals surface area (Å²) < 4.78 is 27.1. The minimum atomic E-state index is -0.820. The molecule has 0 amide bonds. The Labute approximate surface area is 117 Å². The van der Waals surface area contributed by atoms with E-state index in [-0.39, 0.29) is 5.56 Å². The van der Waals surface area contributed by atoms with Crippen molar-refractivity contribution < 1.29 is 8.78 Å². The Bertz CT molecular complexity index is 617. The molecule has 5 heteroatoms. The number of nitrogens with one attached hydrogen (secondary N) is 1. The van der Waals surface area contributed by atoms with E-state index in [9.17, 15) is 8.78 Å². The van der Waals surface area contributed by atoms with Gasteiger partial charge in [-0.25, -0.2) is 8.78 Å². The SMILES string of the molecule is N#CC(Nc1cccc(Br)c1)c1cc(F)cc(F)c1. The highest BCUT2D eigenvalue weighted by Crippen LogP contribution is 2.23. The van der Waals surface area contributed by atoms with Crippen LogP contribution in [-0.2, 0) is 0 Å². The van der Waals surface area contributed by atoms with Gasteiger partial charge in [0.15, 0.2) is 0 Å². The number of hydrogen-bond donors (Lipinski definition) is 1. The van der Waals surface area contributed by atoms with Gasteiger partial charge in [-0.2, -0.15) is 5.26 Å². The third-order valence-electron chi connectivity index (χ3n) is 2.48. The van der Waals surface area contributed by atoms with Crippen LogP contribution in [0.2, 0.25) is 0 Å². The quantitative estimate of drug-likeness (QED) is 0.908. The molecule has 0 bridgehead atoms. The molecule has 1 unspecified atom stereocenters. The zero-order valence-electron chi connectivity index (χ0n) is 9.70. The van der Waals surface area contributed by atoms with Crippen molar-refractivity contribution >= 4 is 21.6 Å². The second-order valence-corrected chi connectivity index (χ2v) is 4.84.